The molecular weight excluding hydrogens is 490 g/mol. The number of hydrogen-bond donors (Lipinski definition) is 2. The minimum absolute atomic E-state index is 0.0807. The lowest BCUT2D eigenvalue weighted by Crippen LogP contribution is -2.42. The zero-order valence-corrected chi connectivity index (χ0v) is 22.1. The average molecular weight is 522 g/mol. The maximum atomic E-state index is 13.6. The third-order valence-electron chi connectivity index (χ3n) is 7.30. The number of aromatic amines is 1. The van der Waals surface area contributed by atoms with E-state index < -0.39 is 0 Å². The molecule has 5 aromatic rings. The molecule has 39 heavy (non-hydrogen) atoms. The highest BCUT2D eigenvalue weighted by atomic mass is 16.5. The molecule has 0 fully saturated rings. The number of fused-ring (bicyclic) bond motifs is 2. The van der Waals surface area contributed by atoms with E-state index in [9.17, 15) is 9.90 Å². The van der Waals surface area contributed by atoms with Gasteiger partial charge in [0.15, 0.2) is 0 Å². The molecule has 3 aromatic heterocycles. The Morgan fingerprint density at radius 1 is 1.03 bits per heavy atom. The van der Waals surface area contributed by atoms with Gasteiger partial charge in [-0.15, -0.1) is 0 Å². The Kier molecular flexibility index (Phi) is 6.62. The van der Waals surface area contributed by atoms with Gasteiger partial charge in [0.05, 0.1) is 13.2 Å². The molecule has 2 aromatic carbocycles. The van der Waals surface area contributed by atoms with Crippen molar-refractivity contribution in [1.29, 1.82) is 0 Å². The molecule has 0 spiro atoms. The van der Waals surface area contributed by atoms with Gasteiger partial charge < -0.3 is 19.7 Å². The monoisotopic (exact) mass is 521 g/mol. The maximum Gasteiger partial charge on any atom is 0.272 e. The van der Waals surface area contributed by atoms with Crippen molar-refractivity contribution in [1.82, 2.24) is 24.6 Å². The molecule has 198 valence electrons. The maximum absolute atomic E-state index is 13.6. The number of aliphatic hydroxyl groups is 1. The van der Waals surface area contributed by atoms with E-state index in [0.717, 1.165) is 44.7 Å². The van der Waals surface area contributed by atoms with E-state index in [1.54, 1.807) is 15.8 Å². The lowest BCUT2D eigenvalue weighted by atomic mass is 9.97. The van der Waals surface area contributed by atoms with E-state index in [0.29, 0.717) is 37.9 Å². The predicted molar refractivity (Wildman–Crippen MR) is 151 cm³/mol. The second kappa shape index (κ2) is 10.4. The van der Waals surface area contributed by atoms with Gasteiger partial charge in [-0.2, -0.15) is 5.10 Å². The van der Waals surface area contributed by atoms with Gasteiger partial charge in [-0.3, -0.25) is 9.48 Å². The first-order valence-electron chi connectivity index (χ1n) is 13.3. The number of rotatable bonds is 8. The predicted octanol–water partition coefficient (Wildman–Crippen LogP) is 5.24. The summed E-state index contributed by atoms with van der Waals surface area (Å²) < 4.78 is 7.87. The van der Waals surface area contributed by atoms with Crippen molar-refractivity contribution in [2.24, 2.45) is 0 Å². The normalized spacial score (nSPS) is 13.3. The quantitative estimate of drug-likeness (QED) is 0.291. The minimum atomic E-state index is -0.131. The van der Waals surface area contributed by atoms with Crippen LogP contribution in [-0.4, -0.2) is 55.4 Å². The lowest BCUT2D eigenvalue weighted by molar-refractivity contribution is 0.0662. The molecule has 1 aliphatic rings. The number of pyridine rings is 1. The number of β-amino-alcohol motifs (C(OH)–C–C–N with tert-alkyl or cyclic N) is 1. The molecule has 0 radical (unpaired) electrons. The number of H-pyrrole nitrogens is 1. The Morgan fingerprint density at radius 2 is 1.82 bits per heavy atom. The van der Waals surface area contributed by atoms with E-state index in [4.69, 9.17) is 9.84 Å². The van der Waals surface area contributed by atoms with Gasteiger partial charge >= 0.3 is 0 Å². The number of carbonyl (C=O) groups is 1. The second-order valence-corrected chi connectivity index (χ2v) is 10.1. The summed E-state index contributed by atoms with van der Waals surface area (Å²) in [6, 6.07) is 20.2. The molecule has 2 N–H and O–H groups in total. The van der Waals surface area contributed by atoms with Crippen molar-refractivity contribution in [2.45, 2.75) is 32.9 Å². The second-order valence-electron chi connectivity index (χ2n) is 10.1. The van der Waals surface area contributed by atoms with Crippen LogP contribution >= 0.6 is 0 Å². The molecule has 0 unspecified atom stereocenters. The summed E-state index contributed by atoms with van der Waals surface area (Å²) in [5, 5.41) is 15.4. The van der Waals surface area contributed by atoms with E-state index in [2.05, 4.69) is 48.1 Å². The third-order valence-corrected chi connectivity index (χ3v) is 7.30. The van der Waals surface area contributed by atoms with Gasteiger partial charge in [-0.1, -0.05) is 50.2 Å². The number of ether oxygens (including phenoxy) is 1. The van der Waals surface area contributed by atoms with E-state index in [1.807, 2.05) is 42.6 Å². The topological polar surface area (TPSA) is 96.3 Å². The van der Waals surface area contributed by atoms with Crippen LogP contribution in [0.25, 0.3) is 33.4 Å². The SMILES string of the molecule is CC(C)c1ccc(COc2ccc(-c3c(-c4ccnc5[nH]ccc45)nn4c3C(=O)N(CCO)CC4)cc2)cc1. The summed E-state index contributed by atoms with van der Waals surface area (Å²) >= 11 is 0. The van der Waals surface area contributed by atoms with Crippen molar-refractivity contribution >= 4 is 16.9 Å². The number of aromatic nitrogens is 4. The zero-order chi connectivity index (χ0) is 26.9. The highest BCUT2D eigenvalue weighted by Gasteiger charge is 2.32. The van der Waals surface area contributed by atoms with Crippen LogP contribution in [0, 0.1) is 0 Å². The molecule has 0 bridgehead atoms. The van der Waals surface area contributed by atoms with Crippen LogP contribution in [0.1, 0.15) is 41.4 Å². The fraction of sp³-hybridized carbons (Fsp3) is 0.258. The summed E-state index contributed by atoms with van der Waals surface area (Å²) in [5.74, 6) is 1.11. The van der Waals surface area contributed by atoms with Gasteiger partial charge in [-0.25, -0.2) is 4.98 Å². The molecular formula is C31H31N5O3. The molecule has 8 nitrogen and oxygen atoms in total. The van der Waals surface area contributed by atoms with Crippen LogP contribution in [0.4, 0.5) is 0 Å². The molecule has 6 rings (SSSR count). The third kappa shape index (κ3) is 4.68. The molecule has 4 heterocycles. The van der Waals surface area contributed by atoms with Crippen LogP contribution in [0.15, 0.2) is 73.1 Å². The summed E-state index contributed by atoms with van der Waals surface area (Å²) in [4.78, 5) is 22.8. The van der Waals surface area contributed by atoms with E-state index in [-0.39, 0.29) is 12.5 Å². The summed E-state index contributed by atoms with van der Waals surface area (Å²) in [7, 11) is 0. The van der Waals surface area contributed by atoms with E-state index >= 15 is 0 Å². The molecule has 0 aliphatic carbocycles. The Balaban J connectivity index is 1.36. The number of hydrogen-bond acceptors (Lipinski definition) is 5. The van der Waals surface area contributed by atoms with E-state index in [1.165, 1.54) is 5.56 Å². The fourth-order valence-electron chi connectivity index (χ4n) is 5.15. The van der Waals surface area contributed by atoms with Crippen LogP contribution in [0.3, 0.4) is 0 Å². The standard InChI is InChI=1S/C31H31N5O3/c1-20(2)22-5-3-21(4-6-22)19-39-24-9-7-23(8-10-24)27-28(25-11-13-32-30-26(25)12-14-33-30)34-36-16-15-35(17-18-37)31(38)29(27)36/h3-14,20,37H,15-19H2,1-2H3,(H,32,33). The lowest BCUT2D eigenvalue weighted by Gasteiger charge is -2.27. The molecule has 1 amide bonds. The first-order chi connectivity index (χ1) is 19.0. The highest BCUT2D eigenvalue weighted by Crippen LogP contribution is 2.39. The minimum Gasteiger partial charge on any atom is -0.489 e. The smallest absolute Gasteiger partial charge is 0.272 e. The van der Waals surface area contributed by atoms with Gasteiger partial charge in [0, 0.05) is 42.0 Å². The first kappa shape index (κ1) is 24.9. The fourth-order valence-corrected chi connectivity index (χ4v) is 5.15. The molecule has 1 aliphatic heterocycles. The Labute approximate surface area is 226 Å². The van der Waals surface area contributed by atoms with Crippen molar-refractivity contribution in [3.8, 4) is 28.1 Å². The average Bonchev–Trinajstić information content (AvgIpc) is 3.59. The first-order valence-corrected chi connectivity index (χ1v) is 13.3. The van der Waals surface area contributed by atoms with Crippen molar-refractivity contribution < 1.29 is 14.6 Å². The van der Waals surface area contributed by atoms with Crippen LogP contribution in [0.5, 0.6) is 5.75 Å². The largest absolute Gasteiger partial charge is 0.489 e. The summed E-state index contributed by atoms with van der Waals surface area (Å²) in [6.45, 7) is 6.13. The zero-order valence-electron chi connectivity index (χ0n) is 22.1. The van der Waals surface area contributed by atoms with Crippen LogP contribution in [-0.2, 0) is 13.2 Å². The highest BCUT2D eigenvalue weighted by molar-refractivity contribution is 6.06. The molecule has 8 heteroatoms. The Morgan fingerprint density at radius 3 is 2.56 bits per heavy atom. The number of benzene rings is 2. The van der Waals surface area contributed by atoms with Crippen molar-refractivity contribution in [2.75, 3.05) is 19.7 Å². The van der Waals surface area contributed by atoms with Crippen molar-refractivity contribution in [3.05, 3.63) is 89.9 Å². The summed E-state index contributed by atoms with van der Waals surface area (Å²) in [6.07, 6.45) is 3.61. The number of nitrogens with zero attached hydrogens (tertiary/aromatic N) is 4. The van der Waals surface area contributed by atoms with Gasteiger partial charge in [0.1, 0.15) is 29.4 Å². The van der Waals surface area contributed by atoms with Gasteiger partial charge in [-0.05, 0) is 46.9 Å². The molecule has 0 atom stereocenters. The number of aliphatic hydroxyl groups excluding tert-OH is 1. The van der Waals surface area contributed by atoms with Crippen molar-refractivity contribution in [3.63, 3.8) is 0 Å². The Bertz CT molecular complexity index is 1620. The number of amides is 1. The van der Waals surface area contributed by atoms with Crippen LogP contribution in [0.2, 0.25) is 0 Å². The van der Waals surface area contributed by atoms with Crippen LogP contribution < -0.4 is 4.74 Å². The Hall–Kier alpha value is -4.43. The van der Waals surface area contributed by atoms with Gasteiger partial charge in [0.25, 0.3) is 5.91 Å². The number of carbonyl (C=O) groups excluding carboxylic acids is 1. The molecule has 0 saturated carbocycles. The van der Waals surface area contributed by atoms with Gasteiger partial charge in [0.2, 0.25) is 0 Å². The molecule has 0 saturated heterocycles. The summed E-state index contributed by atoms with van der Waals surface area (Å²) in [5.41, 5.74) is 7.00. The number of nitrogens with one attached hydrogen (secondary N) is 1.